The Balaban J connectivity index is 4.13. The maximum atomic E-state index is 12.1. The topological polar surface area (TPSA) is 129 Å². The van der Waals surface area contributed by atoms with Gasteiger partial charge in [-0.2, -0.15) is 8.42 Å². The standard InChI is InChI=1S/C20H30O7S/c1-4-7-10-13-14(11-8-5-2)16(19(21)22)18(28(25,26)27)17(20(23)24)15(13)12-9-6-3/h4-12H2,1-3H3,(H,21,22)(H,23,24)(H,25,26,27). The Kier molecular flexibility index (Phi) is 9.10. The number of unbranched alkanes of at least 4 members (excludes halogenated alkanes) is 3. The lowest BCUT2D eigenvalue weighted by Gasteiger charge is -2.23. The van der Waals surface area contributed by atoms with E-state index in [1.807, 2.05) is 20.8 Å². The van der Waals surface area contributed by atoms with E-state index in [0.29, 0.717) is 48.8 Å². The first-order valence-electron chi connectivity index (χ1n) is 9.76. The third-order valence-electron chi connectivity index (χ3n) is 4.81. The Morgan fingerprint density at radius 3 is 1.29 bits per heavy atom. The van der Waals surface area contributed by atoms with Gasteiger partial charge in [-0.25, -0.2) is 9.59 Å². The molecule has 0 atom stereocenters. The molecule has 0 aliphatic rings. The van der Waals surface area contributed by atoms with Crippen LogP contribution >= 0.6 is 0 Å². The quantitative estimate of drug-likeness (QED) is 0.433. The number of carboxylic acids is 2. The van der Waals surface area contributed by atoms with Gasteiger partial charge in [-0.1, -0.05) is 40.0 Å². The first kappa shape index (κ1) is 24.1. The van der Waals surface area contributed by atoms with E-state index in [0.717, 1.165) is 25.7 Å². The van der Waals surface area contributed by atoms with Crippen molar-refractivity contribution in [2.45, 2.75) is 83.5 Å². The second-order valence-corrected chi connectivity index (χ2v) is 8.27. The molecule has 8 heteroatoms. The summed E-state index contributed by atoms with van der Waals surface area (Å²) < 4.78 is 33.9. The smallest absolute Gasteiger partial charge is 0.337 e. The monoisotopic (exact) mass is 414 g/mol. The first-order chi connectivity index (χ1) is 13.1. The summed E-state index contributed by atoms with van der Waals surface area (Å²) in [7, 11) is -5.05. The van der Waals surface area contributed by atoms with Crippen LogP contribution in [0.4, 0.5) is 0 Å². The van der Waals surface area contributed by atoms with E-state index in [-0.39, 0.29) is 0 Å². The van der Waals surface area contributed by atoms with Crippen molar-refractivity contribution in [3.8, 4) is 0 Å². The lowest BCUT2D eigenvalue weighted by molar-refractivity contribution is 0.0686. The van der Waals surface area contributed by atoms with Crippen LogP contribution in [-0.4, -0.2) is 35.1 Å². The van der Waals surface area contributed by atoms with Crippen LogP contribution in [0.2, 0.25) is 0 Å². The van der Waals surface area contributed by atoms with Crippen molar-refractivity contribution in [2.24, 2.45) is 0 Å². The fourth-order valence-corrected chi connectivity index (χ4v) is 4.44. The van der Waals surface area contributed by atoms with Crippen LogP contribution < -0.4 is 0 Å². The first-order valence-corrected chi connectivity index (χ1v) is 11.2. The highest BCUT2D eigenvalue weighted by Gasteiger charge is 2.35. The van der Waals surface area contributed by atoms with Gasteiger partial charge in [-0.15, -0.1) is 0 Å². The second kappa shape index (κ2) is 10.6. The van der Waals surface area contributed by atoms with Gasteiger partial charge < -0.3 is 10.2 Å². The average molecular weight is 415 g/mol. The van der Waals surface area contributed by atoms with Gasteiger partial charge in [-0.05, 0) is 55.2 Å². The number of hydrogen-bond acceptors (Lipinski definition) is 4. The van der Waals surface area contributed by atoms with Crippen molar-refractivity contribution < 1.29 is 32.8 Å². The lowest BCUT2D eigenvalue weighted by atomic mass is 9.84. The zero-order valence-corrected chi connectivity index (χ0v) is 17.6. The molecular formula is C20H30O7S. The van der Waals surface area contributed by atoms with Crippen molar-refractivity contribution >= 4 is 22.1 Å². The molecule has 0 aliphatic heterocycles. The molecule has 0 fully saturated rings. The largest absolute Gasteiger partial charge is 0.478 e. The fourth-order valence-electron chi connectivity index (χ4n) is 3.51. The van der Waals surface area contributed by atoms with E-state index in [1.54, 1.807) is 0 Å². The minimum atomic E-state index is -5.05. The Labute approximate surface area is 166 Å². The molecule has 158 valence electrons. The highest BCUT2D eigenvalue weighted by molar-refractivity contribution is 7.86. The Bertz CT molecular complexity index is 778. The predicted octanol–water partition coefficient (Wildman–Crippen LogP) is 4.36. The summed E-state index contributed by atoms with van der Waals surface area (Å²) in [5.74, 6) is -3.08. The van der Waals surface area contributed by atoms with Crippen LogP contribution in [0.15, 0.2) is 4.90 Å². The van der Waals surface area contributed by atoms with Gasteiger partial charge in [0.1, 0.15) is 4.90 Å². The predicted molar refractivity (Wildman–Crippen MR) is 106 cm³/mol. The van der Waals surface area contributed by atoms with E-state index in [1.165, 1.54) is 0 Å². The fraction of sp³-hybridized carbons (Fsp3) is 0.600. The molecule has 0 saturated carbocycles. The highest BCUT2D eigenvalue weighted by atomic mass is 32.2. The molecule has 7 nitrogen and oxygen atoms in total. The molecule has 0 aliphatic carbocycles. The molecule has 1 aromatic carbocycles. The van der Waals surface area contributed by atoms with Crippen LogP contribution in [-0.2, 0) is 29.4 Å². The number of hydrogen-bond donors (Lipinski definition) is 3. The van der Waals surface area contributed by atoms with Gasteiger partial charge in [-0.3, -0.25) is 4.55 Å². The van der Waals surface area contributed by atoms with Crippen LogP contribution in [0.3, 0.4) is 0 Å². The molecular weight excluding hydrogens is 384 g/mol. The summed E-state index contributed by atoms with van der Waals surface area (Å²) in [6.45, 7) is 5.83. The van der Waals surface area contributed by atoms with E-state index in [4.69, 9.17) is 0 Å². The maximum Gasteiger partial charge on any atom is 0.337 e. The molecule has 0 bridgehead atoms. The van der Waals surface area contributed by atoms with Crippen LogP contribution in [0.5, 0.6) is 0 Å². The van der Waals surface area contributed by atoms with E-state index in [2.05, 4.69) is 0 Å². The summed E-state index contributed by atoms with van der Waals surface area (Å²) in [5.41, 5.74) is 0.100. The molecule has 0 saturated heterocycles. The summed E-state index contributed by atoms with van der Waals surface area (Å²) in [4.78, 5) is 23.0. The van der Waals surface area contributed by atoms with Crippen LogP contribution in [0.25, 0.3) is 0 Å². The zero-order valence-electron chi connectivity index (χ0n) is 16.7. The maximum absolute atomic E-state index is 12.1. The number of aromatic carboxylic acids is 2. The van der Waals surface area contributed by atoms with Gasteiger partial charge >= 0.3 is 11.9 Å². The van der Waals surface area contributed by atoms with Crippen molar-refractivity contribution in [3.63, 3.8) is 0 Å². The number of carbonyl (C=O) groups is 2. The Hall–Kier alpha value is -1.93. The molecule has 0 amide bonds. The van der Waals surface area contributed by atoms with Gasteiger partial charge in [0.25, 0.3) is 10.1 Å². The average Bonchev–Trinajstić information content (AvgIpc) is 2.60. The second-order valence-electron chi connectivity index (χ2n) is 6.91. The number of rotatable bonds is 12. The minimum absolute atomic E-state index is 0.318. The summed E-state index contributed by atoms with van der Waals surface area (Å²) in [6.07, 6.45) is 5.44. The lowest BCUT2D eigenvalue weighted by Crippen LogP contribution is -2.22. The molecule has 0 radical (unpaired) electrons. The van der Waals surface area contributed by atoms with E-state index < -0.39 is 38.1 Å². The third-order valence-corrected chi connectivity index (χ3v) is 5.74. The van der Waals surface area contributed by atoms with Crippen molar-refractivity contribution in [1.82, 2.24) is 0 Å². The number of carboxylic acid groups (broad SMARTS) is 2. The molecule has 0 heterocycles. The summed E-state index contributed by atoms with van der Waals surface area (Å²) in [5, 5.41) is 19.5. The van der Waals surface area contributed by atoms with Gasteiger partial charge in [0.05, 0.1) is 11.1 Å². The minimum Gasteiger partial charge on any atom is -0.478 e. The van der Waals surface area contributed by atoms with Gasteiger partial charge in [0.2, 0.25) is 0 Å². The molecule has 1 aromatic rings. The Morgan fingerprint density at radius 2 is 1.04 bits per heavy atom. The van der Waals surface area contributed by atoms with Crippen molar-refractivity contribution in [2.75, 3.05) is 0 Å². The normalized spacial score (nSPS) is 11.6. The Morgan fingerprint density at radius 1 is 0.714 bits per heavy atom. The molecule has 28 heavy (non-hydrogen) atoms. The molecule has 3 N–H and O–H groups in total. The summed E-state index contributed by atoms with van der Waals surface area (Å²) in [6, 6.07) is 0. The molecule has 0 aromatic heterocycles. The van der Waals surface area contributed by atoms with Crippen LogP contribution in [0, 0.1) is 0 Å². The van der Waals surface area contributed by atoms with Gasteiger partial charge in [0, 0.05) is 0 Å². The van der Waals surface area contributed by atoms with E-state index >= 15 is 0 Å². The number of benzene rings is 1. The van der Waals surface area contributed by atoms with Gasteiger partial charge in [0.15, 0.2) is 0 Å². The highest BCUT2D eigenvalue weighted by Crippen LogP contribution is 2.35. The SMILES string of the molecule is CCCCc1c(CCCC)c(C(=O)O)c(S(=O)(=O)O)c(C(=O)O)c1CCCC. The van der Waals surface area contributed by atoms with Crippen LogP contribution in [0.1, 0.15) is 96.7 Å². The third kappa shape index (κ3) is 5.54. The van der Waals surface area contributed by atoms with Crippen molar-refractivity contribution in [1.29, 1.82) is 0 Å². The molecule has 1 rings (SSSR count). The van der Waals surface area contributed by atoms with E-state index in [9.17, 15) is 32.8 Å². The van der Waals surface area contributed by atoms with Crippen molar-refractivity contribution in [3.05, 3.63) is 27.8 Å². The molecule has 0 unspecified atom stereocenters. The molecule has 0 spiro atoms. The summed E-state index contributed by atoms with van der Waals surface area (Å²) >= 11 is 0. The zero-order chi connectivity index (χ0) is 21.5.